The maximum atomic E-state index is 13.6. The lowest BCUT2D eigenvalue weighted by Crippen LogP contribution is -2.24. The number of nitrogens with two attached hydrogens (primary N) is 1. The average Bonchev–Trinajstić information content (AvgIpc) is 3.46. The third-order valence-corrected chi connectivity index (χ3v) is 5.39. The van der Waals surface area contributed by atoms with Crippen LogP contribution in [0.1, 0.15) is 34.3 Å². The number of carbonyl (C=O) groups is 2. The number of amides is 2. The molecule has 0 fully saturated rings. The Labute approximate surface area is 200 Å². The molecule has 2 amide bonds. The highest BCUT2D eigenvalue weighted by molar-refractivity contribution is 5.91. The van der Waals surface area contributed by atoms with E-state index in [0.717, 1.165) is 16.9 Å². The van der Waals surface area contributed by atoms with Crippen LogP contribution in [-0.4, -0.2) is 44.4 Å². The second kappa shape index (κ2) is 11.3. The minimum atomic E-state index is -0.483. The molecule has 0 spiro atoms. The van der Waals surface area contributed by atoms with Crippen LogP contribution in [0, 0.1) is 5.82 Å². The van der Waals surface area contributed by atoms with Crippen LogP contribution < -0.4 is 16.4 Å². The Morgan fingerprint density at radius 3 is 2.74 bits per heavy atom. The Morgan fingerprint density at radius 1 is 1.09 bits per heavy atom. The number of aryl methyl sites for hydroxylation is 1. The average molecular weight is 480 g/mol. The van der Waals surface area contributed by atoms with Crippen LogP contribution in [0.15, 0.2) is 53.3 Å². The van der Waals surface area contributed by atoms with Gasteiger partial charge in [0.15, 0.2) is 11.6 Å². The molecule has 0 aliphatic rings. The molecule has 4 aromatic rings. The van der Waals surface area contributed by atoms with Gasteiger partial charge in [-0.25, -0.2) is 14.4 Å². The molecule has 0 aliphatic carbocycles. The summed E-state index contributed by atoms with van der Waals surface area (Å²) in [6, 6.07) is 10.6. The van der Waals surface area contributed by atoms with E-state index in [1.54, 1.807) is 0 Å². The fourth-order valence-corrected chi connectivity index (χ4v) is 3.64. The van der Waals surface area contributed by atoms with Gasteiger partial charge in [0.05, 0.1) is 23.3 Å². The number of nitrogens with zero attached hydrogens (tertiary/aromatic N) is 4. The lowest BCUT2D eigenvalue weighted by atomic mass is 10.3. The number of rotatable bonds is 12. The van der Waals surface area contributed by atoms with Gasteiger partial charge in [0, 0.05) is 45.1 Å². The lowest BCUT2D eigenvalue weighted by Gasteiger charge is -2.08. The predicted molar refractivity (Wildman–Crippen MR) is 126 cm³/mol. The Hall–Kier alpha value is -4.12. The molecule has 0 unspecified atom stereocenters. The van der Waals surface area contributed by atoms with Crippen molar-refractivity contribution < 1.29 is 18.4 Å². The number of pyridine rings is 1. The van der Waals surface area contributed by atoms with Crippen molar-refractivity contribution >= 4 is 22.8 Å². The minimum Gasteiger partial charge on any atom is -0.448 e. The third kappa shape index (κ3) is 6.27. The summed E-state index contributed by atoms with van der Waals surface area (Å²) >= 11 is 0. The molecule has 0 radical (unpaired) electrons. The van der Waals surface area contributed by atoms with Gasteiger partial charge in [-0.2, -0.15) is 0 Å². The molecule has 4 rings (SSSR count). The Bertz CT molecular complexity index is 1320. The van der Waals surface area contributed by atoms with Crippen molar-refractivity contribution in [3.05, 3.63) is 77.8 Å². The number of nitrogens with one attached hydrogen (secondary N) is 2. The van der Waals surface area contributed by atoms with Crippen molar-refractivity contribution in [1.29, 1.82) is 0 Å². The molecule has 0 bridgehead atoms. The fraction of sp³-hybridized carbons (Fsp3) is 0.292. The number of imidazole rings is 1. The summed E-state index contributed by atoms with van der Waals surface area (Å²) in [4.78, 5) is 36.3. The number of oxazole rings is 1. The number of halogens is 1. The van der Waals surface area contributed by atoms with Gasteiger partial charge in [-0.3, -0.25) is 14.6 Å². The Kier molecular flexibility index (Phi) is 7.78. The van der Waals surface area contributed by atoms with Gasteiger partial charge in [0.25, 0.3) is 5.91 Å². The van der Waals surface area contributed by atoms with Crippen molar-refractivity contribution in [2.24, 2.45) is 5.73 Å². The van der Waals surface area contributed by atoms with E-state index in [-0.39, 0.29) is 30.3 Å². The van der Waals surface area contributed by atoms with Crippen molar-refractivity contribution in [2.75, 3.05) is 13.1 Å². The number of primary amides is 1. The first-order valence-electron chi connectivity index (χ1n) is 11.3. The summed E-state index contributed by atoms with van der Waals surface area (Å²) in [6.45, 7) is 1.69. The molecule has 0 saturated carbocycles. The maximum absolute atomic E-state index is 13.6. The van der Waals surface area contributed by atoms with Crippen LogP contribution in [0.5, 0.6) is 0 Å². The summed E-state index contributed by atoms with van der Waals surface area (Å²) in [5.41, 5.74) is 7.45. The number of benzene rings is 1. The molecule has 3 aromatic heterocycles. The topological polar surface area (TPSA) is 141 Å². The van der Waals surface area contributed by atoms with E-state index in [1.165, 1.54) is 24.6 Å². The molecule has 1 aromatic carbocycles. The lowest BCUT2D eigenvalue weighted by molar-refractivity contribution is -0.118. The van der Waals surface area contributed by atoms with Crippen molar-refractivity contribution in [1.82, 2.24) is 30.2 Å². The second-order valence-corrected chi connectivity index (χ2v) is 7.88. The number of hydrogen-bond acceptors (Lipinski definition) is 7. The normalized spacial score (nSPS) is 11.1. The van der Waals surface area contributed by atoms with E-state index in [0.29, 0.717) is 38.4 Å². The van der Waals surface area contributed by atoms with Gasteiger partial charge >= 0.3 is 0 Å². The largest absolute Gasteiger partial charge is 0.448 e. The van der Waals surface area contributed by atoms with Crippen LogP contribution in [0.3, 0.4) is 0 Å². The van der Waals surface area contributed by atoms with Crippen molar-refractivity contribution in [3.63, 3.8) is 0 Å². The number of para-hydroxylation sites is 2. The molecule has 11 heteroatoms. The Balaban J connectivity index is 1.24. The fourth-order valence-electron chi connectivity index (χ4n) is 3.64. The highest BCUT2D eigenvalue weighted by atomic mass is 19.1. The third-order valence-electron chi connectivity index (χ3n) is 5.39. The number of carbonyl (C=O) groups excluding carboxylic acids is 2. The zero-order valence-electron chi connectivity index (χ0n) is 19.0. The predicted octanol–water partition coefficient (Wildman–Crippen LogP) is 1.74. The van der Waals surface area contributed by atoms with Crippen LogP contribution in [0.4, 0.5) is 4.39 Å². The van der Waals surface area contributed by atoms with Gasteiger partial charge in [0.1, 0.15) is 17.9 Å². The minimum absolute atomic E-state index is 0.0422. The molecule has 3 heterocycles. The summed E-state index contributed by atoms with van der Waals surface area (Å²) in [5, 5.41) is 5.89. The van der Waals surface area contributed by atoms with Crippen molar-refractivity contribution in [3.8, 4) is 0 Å². The molecular formula is C24H26FN7O3. The quantitative estimate of drug-likeness (QED) is 0.263. The zero-order chi connectivity index (χ0) is 24.6. The van der Waals surface area contributed by atoms with Crippen LogP contribution in [0.25, 0.3) is 11.0 Å². The van der Waals surface area contributed by atoms with Gasteiger partial charge in [-0.05, 0) is 24.3 Å². The summed E-state index contributed by atoms with van der Waals surface area (Å²) in [7, 11) is 0. The molecular weight excluding hydrogens is 453 g/mol. The first-order chi connectivity index (χ1) is 17.0. The molecule has 10 nitrogen and oxygen atoms in total. The van der Waals surface area contributed by atoms with Crippen molar-refractivity contribution in [2.45, 2.75) is 32.4 Å². The summed E-state index contributed by atoms with van der Waals surface area (Å²) in [5.74, 6) is -0.00878. The van der Waals surface area contributed by atoms with E-state index >= 15 is 0 Å². The second-order valence-electron chi connectivity index (χ2n) is 7.88. The SMILES string of the molecule is NC(=O)CCn1c(CCNCCc2nc(C(=O)NCc3ncccc3F)co2)nc2ccccc21. The monoisotopic (exact) mass is 479 g/mol. The summed E-state index contributed by atoms with van der Waals surface area (Å²) < 4.78 is 21.0. The van der Waals surface area contributed by atoms with E-state index in [2.05, 4.69) is 25.6 Å². The molecule has 35 heavy (non-hydrogen) atoms. The summed E-state index contributed by atoms with van der Waals surface area (Å²) in [6.07, 6.45) is 4.14. The van der Waals surface area contributed by atoms with E-state index in [4.69, 9.17) is 10.2 Å². The standard InChI is InChI=1S/C24H26FN7O3/c25-16-4-3-10-28-18(16)14-29-24(34)19-15-35-23(31-19)8-12-27-11-7-22-30-17-5-1-2-6-20(17)32(22)13-9-21(26)33/h1-6,10,15,27H,7-9,11-14H2,(H2,26,33)(H,29,34). The molecule has 0 atom stereocenters. The van der Waals surface area contributed by atoms with Gasteiger partial charge in [-0.1, -0.05) is 12.1 Å². The van der Waals surface area contributed by atoms with Gasteiger partial charge in [-0.15, -0.1) is 0 Å². The van der Waals surface area contributed by atoms with Crippen LogP contribution in [-0.2, 0) is 30.7 Å². The zero-order valence-corrected chi connectivity index (χ0v) is 19.0. The van der Waals surface area contributed by atoms with Gasteiger partial charge < -0.3 is 25.4 Å². The van der Waals surface area contributed by atoms with E-state index in [1.807, 2.05) is 28.8 Å². The number of hydrogen-bond donors (Lipinski definition) is 3. The van der Waals surface area contributed by atoms with E-state index in [9.17, 15) is 14.0 Å². The highest BCUT2D eigenvalue weighted by Crippen LogP contribution is 2.17. The van der Waals surface area contributed by atoms with Crippen LogP contribution in [0.2, 0.25) is 0 Å². The van der Waals surface area contributed by atoms with Gasteiger partial charge in [0.2, 0.25) is 5.91 Å². The first-order valence-corrected chi connectivity index (χ1v) is 11.3. The van der Waals surface area contributed by atoms with E-state index < -0.39 is 11.7 Å². The molecule has 4 N–H and O–H groups in total. The number of fused-ring (bicyclic) bond motifs is 1. The highest BCUT2D eigenvalue weighted by Gasteiger charge is 2.14. The molecule has 0 saturated heterocycles. The molecule has 182 valence electrons. The smallest absolute Gasteiger partial charge is 0.273 e. The first kappa shape index (κ1) is 24.0. The molecule has 0 aliphatic heterocycles. The maximum Gasteiger partial charge on any atom is 0.273 e. The number of aromatic nitrogens is 4. The van der Waals surface area contributed by atoms with Crippen LogP contribution >= 0.6 is 0 Å². The Morgan fingerprint density at radius 2 is 1.91 bits per heavy atom.